The van der Waals surface area contributed by atoms with Gasteiger partial charge in [0.15, 0.2) is 0 Å². The van der Waals surface area contributed by atoms with E-state index >= 15 is 0 Å². The molecule has 0 aliphatic rings. The molecular weight excluding hydrogens is 362 g/mol. The molecule has 0 radical (unpaired) electrons. The predicted molar refractivity (Wildman–Crippen MR) is 116 cm³/mol. The predicted octanol–water partition coefficient (Wildman–Crippen LogP) is 5.00. The van der Waals surface area contributed by atoms with Crippen molar-refractivity contribution in [3.63, 3.8) is 0 Å². The van der Waals surface area contributed by atoms with Crippen LogP contribution >= 0.6 is 0 Å². The van der Waals surface area contributed by atoms with Crippen LogP contribution in [0.3, 0.4) is 0 Å². The van der Waals surface area contributed by atoms with Gasteiger partial charge in [0.2, 0.25) is 0 Å². The molecule has 0 saturated carbocycles. The van der Waals surface area contributed by atoms with E-state index in [0.29, 0.717) is 12.2 Å². The van der Waals surface area contributed by atoms with Crippen LogP contribution < -0.4 is 10.1 Å². The quantitative estimate of drug-likeness (QED) is 0.470. The van der Waals surface area contributed by atoms with Gasteiger partial charge in [0.05, 0.1) is 17.6 Å². The van der Waals surface area contributed by atoms with Crippen molar-refractivity contribution in [3.05, 3.63) is 89.7 Å². The first kappa shape index (κ1) is 18.7. The van der Waals surface area contributed by atoms with Gasteiger partial charge in [0.25, 0.3) is 5.91 Å². The monoisotopic (exact) mass is 385 g/mol. The van der Waals surface area contributed by atoms with Crippen molar-refractivity contribution >= 4 is 22.6 Å². The Bertz CT molecular complexity index is 1070. The fourth-order valence-corrected chi connectivity index (χ4v) is 3.21. The lowest BCUT2D eigenvalue weighted by Crippen LogP contribution is -2.11. The number of rotatable bonds is 7. The molecule has 29 heavy (non-hydrogen) atoms. The van der Waals surface area contributed by atoms with Crippen molar-refractivity contribution in [3.8, 4) is 5.75 Å². The second kappa shape index (κ2) is 8.61. The van der Waals surface area contributed by atoms with Crippen molar-refractivity contribution < 1.29 is 9.53 Å². The molecule has 4 aromatic rings. The number of nitrogens with one attached hydrogen (secondary N) is 2. The molecule has 0 fully saturated rings. The van der Waals surface area contributed by atoms with Gasteiger partial charge in [-0.25, -0.2) is 4.98 Å². The minimum Gasteiger partial charge on any atom is -0.494 e. The third-order valence-corrected chi connectivity index (χ3v) is 4.73. The highest BCUT2D eigenvalue weighted by molar-refractivity contribution is 6.04. The standard InChI is InChI=1S/C24H23N3O2/c1-2-29-20-14-10-18(11-15-20)24(28)25-19-12-7-17(8-13-19)9-16-23-26-21-5-3-4-6-22(21)27-23/h3-8,10-15H,2,9,16H2,1H3,(H,25,28)(H,26,27). The normalized spacial score (nSPS) is 10.8. The molecule has 0 saturated heterocycles. The number of aromatic amines is 1. The Kier molecular flexibility index (Phi) is 5.56. The molecule has 5 heteroatoms. The number of ether oxygens (including phenoxy) is 1. The molecule has 5 nitrogen and oxygen atoms in total. The van der Waals surface area contributed by atoms with Crippen LogP contribution in [0.5, 0.6) is 5.75 Å². The molecule has 0 bridgehead atoms. The highest BCUT2D eigenvalue weighted by Crippen LogP contribution is 2.16. The summed E-state index contributed by atoms with van der Waals surface area (Å²) in [6.07, 6.45) is 1.72. The minimum atomic E-state index is -0.136. The van der Waals surface area contributed by atoms with Crippen LogP contribution in [0.15, 0.2) is 72.8 Å². The Morgan fingerprint density at radius 2 is 1.72 bits per heavy atom. The number of H-pyrrole nitrogens is 1. The summed E-state index contributed by atoms with van der Waals surface area (Å²) in [4.78, 5) is 20.4. The summed E-state index contributed by atoms with van der Waals surface area (Å²) in [5.74, 6) is 1.61. The molecule has 3 aromatic carbocycles. The molecule has 0 aliphatic carbocycles. The summed E-state index contributed by atoms with van der Waals surface area (Å²) < 4.78 is 5.41. The Morgan fingerprint density at radius 3 is 2.45 bits per heavy atom. The maximum atomic E-state index is 12.4. The summed E-state index contributed by atoms with van der Waals surface area (Å²) in [5, 5.41) is 2.93. The average molecular weight is 385 g/mol. The summed E-state index contributed by atoms with van der Waals surface area (Å²) in [7, 11) is 0. The van der Waals surface area contributed by atoms with E-state index in [-0.39, 0.29) is 5.91 Å². The van der Waals surface area contributed by atoms with E-state index in [9.17, 15) is 4.79 Å². The van der Waals surface area contributed by atoms with Crippen molar-refractivity contribution in [1.82, 2.24) is 9.97 Å². The summed E-state index contributed by atoms with van der Waals surface area (Å²) in [6.45, 7) is 2.54. The molecular formula is C24H23N3O2. The molecule has 0 atom stereocenters. The molecule has 146 valence electrons. The van der Waals surface area contributed by atoms with E-state index in [4.69, 9.17) is 4.74 Å². The van der Waals surface area contributed by atoms with Crippen LogP contribution in [-0.4, -0.2) is 22.5 Å². The third-order valence-electron chi connectivity index (χ3n) is 4.73. The Morgan fingerprint density at radius 1 is 0.966 bits per heavy atom. The highest BCUT2D eigenvalue weighted by Gasteiger charge is 2.07. The van der Waals surface area contributed by atoms with Gasteiger partial charge in [-0.1, -0.05) is 24.3 Å². The summed E-state index contributed by atoms with van der Waals surface area (Å²) in [6, 6.07) is 23.1. The van der Waals surface area contributed by atoms with Crippen LogP contribution in [0.1, 0.15) is 28.7 Å². The van der Waals surface area contributed by atoms with Gasteiger partial charge >= 0.3 is 0 Å². The van der Waals surface area contributed by atoms with Crippen LogP contribution in [0, 0.1) is 0 Å². The second-order valence-electron chi connectivity index (χ2n) is 6.81. The number of aromatic nitrogens is 2. The van der Waals surface area contributed by atoms with E-state index in [0.717, 1.165) is 41.1 Å². The molecule has 1 amide bonds. The van der Waals surface area contributed by atoms with Crippen molar-refractivity contribution in [2.24, 2.45) is 0 Å². The topological polar surface area (TPSA) is 67.0 Å². The van der Waals surface area contributed by atoms with E-state index in [2.05, 4.69) is 15.3 Å². The molecule has 0 spiro atoms. The number of nitrogens with zero attached hydrogens (tertiary/aromatic N) is 1. The lowest BCUT2D eigenvalue weighted by molar-refractivity contribution is 0.102. The van der Waals surface area contributed by atoms with Gasteiger partial charge in [-0.15, -0.1) is 0 Å². The number of benzene rings is 3. The fourth-order valence-electron chi connectivity index (χ4n) is 3.21. The van der Waals surface area contributed by atoms with E-state index in [1.807, 2.05) is 55.5 Å². The van der Waals surface area contributed by atoms with Gasteiger partial charge in [0.1, 0.15) is 11.6 Å². The number of hydrogen-bond acceptors (Lipinski definition) is 3. The van der Waals surface area contributed by atoms with Crippen LogP contribution in [0.4, 0.5) is 5.69 Å². The number of carbonyl (C=O) groups excluding carboxylic acids is 1. The molecule has 1 aromatic heterocycles. The lowest BCUT2D eigenvalue weighted by Gasteiger charge is -2.08. The number of imidazole rings is 1. The Hall–Kier alpha value is -3.60. The molecule has 2 N–H and O–H groups in total. The number of fused-ring (bicyclic) bond motifs is 1. The van der Waals surface area contributed by atoms with E-state index in [1.54, 1.807) is 24.3 Å². The van der Waals surface area contributed by atoms with Gasteiger partial charge in [-0.3, -0.25) is 4.79 Å². The first-order valence-corrected chi connectivity index (χ1v) is 9.78. The van der Waals surface area contributed by atoms with Gasteiger partial charge in [-0.05, 0) is 67.4 Å². The number of hydrogen-bond donors (Lipinski definition) is 2. The smallest absolute Gasteiger partial charge is 0.255 e. The van der Waals surface area contributed by atoms with E-state index in [1.165, 1.54) is 5.56 Å². The van der Waals surface area contributed by atoms with Crippen LogP contribution in [-0.2, 0) is 12.8 Å². The van der Waals surface area contributed by atoms with Crippen molar-refractivity contribution in [2.45, 2.75) is 19.8 Å². The number of amides is 1. The molecule has 4 rings (SSSR count). The molecule has 0 unspecified atom stereocenters. The zero-order valence-corrected chi connectivity index (χ0v) is 16.3. The lowest BCUT2D eigenvalue weighted by atomic mass is 10.1. The van der Waals surface area contributed by atoms with Crippen molar-refractivity contribution in [1.29, 1.82) is 0 Å². The van der Waals surface area contributed by atoms with Gasteiger partial charge in [-0.2, -0.15) is 0 Å². The van der Waals surface area contributed by atoms with Crippen LogP contribution in [0.25, 0.3) is 11.0 Å². The van der Waals surface area contributed by atoms with E-state index < -0.39 is 0 Å². The summed E-state index contributed by atoms with van der Waals surface area (Å²) >= 11 is 0. The Labute approximate surface area is 169 Å². The second-order valence-corrected chi connectivity index (χ2v) is 6.81. The first-order valence-electron chi connectivity index (χ1n) is 9.78. The maximum Gasteiger partial charge on any atom is 0.255 e. The molecule has 1 heterocycles. The number of para-hydroxylation sites is 2. The minimum absolute atomic E-state index is 0.136. The zero-order chi connectivity index (χ0) is 20.1. The zero-order valence-electron chi connectivity index (χ0n) is 16.3. The average Bonchev–Trinajstić information content (AvgIpc) is 3.17. The molecule has 0 aliphatic heterocycles. The first-order chi connectivity index (χ1) is 14.2. The highest BCUT2D eigenvalue weighted by atomic mass is 16.5. The summed E-state index contributed by atoms with van der Waals surface area (Å²) in [5.41, 5.74) is 4.63. The number of anilines is 1. The Balaban J connectivity index is 1.34. The SMILES string of the molecule is CCOc1ccc(C(=O)Nc2ccc(CCc3nc4ccccc4[nH]3)cc2)cc1. The largest absolute Gasteiger partial charge is 0.494 e. The third kappa shape index (κ3) is 4.63. The van der Waals surface area contributed by atoms with Gasteiger partial charge < -0.3 is 15.0 Å². The van der Waals surface area contributed by atoms with Crippen LogP contribution in [0.2, 0.25) is 0 Å². The number of carbonyl (C=O) groups is 1. The maximum absolute atomic E-state index is 12.4. The van der Waals surface area contributed by atoms with Crippen molar-refractivity contribution in [2.75, 3.05) is 11.9 Å². The number of aryl methyl sites for hydroxylation is 2. The fraction of sp³-hybridized carbons (Fsp3) is 0.167. The van der Waals surface area contributed by atoms with Gasteiger partial charge in [0, 0.05) is 17.7 Å².